The zero-order valence-corrected chi connectivity index (χ0v) is 7.03. The Morgan fingerprint density at radius 1 is 1.58 bits per heavy atom. The van der Waals surface area contributed by atoms with Gasteiger partial charge in [0.2, 0.25) is 5.84 Å². The van der Waals surface area contributed by atoms with Crippen molar-refractivity contribution in [1.29, 1.82) is 5.26 Å². The molecule has 0 heterocycles. The first-order valence-electron chi connectivity index (χ1n) is 3.24. The van der Waals surface area contributed by atoms with E-state index in [0.29, 0.717) is 5.57 Å². The third-order valence-corrected chi connectivity index (χ3v) is 1.19. The lowest BCUT2D eigenvalue weighted by Crippen LogP contribution is -1.91. The van der Waals surface area contributed by atoms with Gasteiger partial charge in [0.05, 0.1) is 0 Å². The SMILES string of the molecule is C=NC(C#N)=N/C=C(\C)C(C)=O. The van der Waals surface area contributed by atoms with Crippen molar-refractivity contribution in [3.05, 3.63) is 11.8 Å². The molecule has 0 saturated heterocycles. The zero-order valence-electron chi connectivity index (χ0n) is 7.03. The first-order chi connectivity index (χ1) is 5.61. The number of nitriles is 1. The average molecular weight is 163 g/mol. The van der Waals surface area contributed by atoms with Gasteiger partial charge >= 0.3 is 0 Å². The van der Waals surface area contributed by atoms with E-state index in [1.165, 1.54) is 13.1 Å². The van der Waals surface area contributed by atoms with E-state index in [1.807, 2.05) is 0 Å². The fraction of sp³-hybridized carbons (Fsp3) is 0.250. The van der Waals surface area contributed by atoms with Crippen molar-refractivity contribution in [2.24, 2.45) is 9.98 Å². The van der Waals surface area contributed by atoms with Gasteiger partial charge in [-0.3, -0.25) is 4.79 Å². The first kappa shape index (κ1) is 10.2. The molecule has 62 valence electrons. The van der Waals surface area contributed by atoms with Crippen LogP contribution < -0.4 is 0 Å². The largest absolute Gasteiger partial charge is 0.295 e. The van der Waals surface area contributed by atoms with Gasteiger partial charge < -0.3 is 0 Å². The Morgan fingerprint density at radius 2 is 2.17 bits per heavy atom. The monoisotopic (exact) mass is 163 g/mol. The highest BCUT2D eigenvalue weighted by atomic mass is 16.1. The van der Waals surface area contributed by atoms with E-state index in [4.69, 9.17) is 5.26 Å². The lowest BCUT2D eigenvalue weighted by Gasteiger charge is -1.88. The molecule has 0 rings (SSSR count). The van der Waals surface area contributed by atoms with Crippen LogP contribution in [-0.4, -0.2) is 18.3 Å². The summed E-state index contributed by atoms with van der Waals surface area (Å²) in [5.74, 6) is -0.129. The van der Waals surface area contributed by atoms with Crippen molar-refractivity contribution in [3.8, 4) is 6.07 Å². The number of aliphatic imine (C=N–C) groups is 2. The summed E-state index contributed by atoms with van der Waals surface area (Å²) in [4.78, 5) is 17.6. The predicted octanol–water partition coefficient (Wildman–Crippen LogP) is 1.10. The average Bonchev–Trinajstić information content (AvgIpc) is 2.05. The molecule has 0 aliphatic heterocycles. The Morgan fingerprint density at radius 3 is 2.50 bits per heavy atom. The van der Waals surface area contributed by atoms with Gasteiger partial charge in [-0.25, -0.2) is 9.98 Å². The number of allylic oxidation sites excluding steroid dienone is 1. The van der Waals surface area contributed by atoms with Crippen molar-refractivity contribution < 1.29 is 4.79 Å². The number of rotatable bonds is 2. The molecule has 0 aliphatic rings. The number of nitrogens with zero attached hydrogens (tertiary/aromatic N) is 3. The molecule has 0 radical (unpaired) electrons. The van der Waals surface area contributed by atoms with E-state index in [-0.39, 0.29) is 11.6 Å². The van der Waals surface area contributed by atoms with E-state index in [1.54, 1.807) is 13.0 Å². The van der Waals surface area contributed by atoms with Gasteiger partial charge in [-0.2, -0.15) is 5.26 Å². The molecule has 0 bridgehead atoms. The molecule has 0 aromatic rings. The van der Waals surface area contributed by atoms with Crippen LogP contribution in [0.5, 0.6) is 0 Å². The molecular formula is C8H9N3O. The van der Waals surface area contributed by atoms with Crippen molar-refractivity contribution in [2.45, 2.75) is 13.8 Å². The maximum Gasteiger partial charge on any atom is 0.231 e. The Balaban J connectivity index is 4.59. The maximum atomic E-state index is 10.7. The van der Waals surface area contributed by atoms with Crippen LogP contribution in [0.2, 0.25) is 0 Å². The summed E-state index contributed by atoms with van der Waals surface area (Å²) in [5, 5.41) is 8.35. The highest BCUT2D eigenvalue weighted by Gasteiger charge is 1.94. The molecule has 0 N–H and O–H groups in total. The second-order valence-electron chi connectivity index (χ2n) is 2.09. The highest BCUT2D eigenvalue weighted by molar-refractivity contribution is 6.00. The van der Waals surface area contributed by atoms with E-state index in [9.17, 15) is 4.79 Å². The highest BCUT2D eigenvalue weighted by Crippen LogP contribution is 1.94. The van der Waals surface area contributed by atoms with E-state index >= 15 is 0 Å². The summed E-state index contributed by atoms with van der Waals surface area (Å²) in [5.41, 5.74) is 0.478. The third-order valence-electron chi connectivity index (χ3n) is 1.19. The minimum Gasteiger partial charge on any atom is -0.295 e. The van der Waals surface area contributed by atoms with Crippen LogP contribution in [0.1, 0.15) is 13.8 Å². The van der Waals surface area contributed by atoms with Crippen LogP contribution in [0.15, 0.2) is 21.8 Å². The first-order valence-corrected chi connectivity index (χ1v) is 3.24. The number of carbonyl (C=O) groups excluding carboxylic acids is 1. The summed E-state index contributed by atoms with van der Waals surface area (Å²) in [7, 11) is 0. The van der Waals surface area contributed by atoms with Crippen molar-refractivity contribution in [3.63, 3.8) is 0 Å². The van der Waals surface area contributed by atoms with Crippen LogP contribution in [-0.2, 0) is 4.79 Å². The Bertz CT molecular complexity index is 294. The van der Waals surface area contributed by atoms with Crippen LogP contribution in [0, 0.1) is 11.3 Å². The van der Waals surface area contributed by atoms with Crippen LogP contribution >= 0.6 is 0 Å². The Hall–Kier alpha value is -1.76. The van der Waals surface area contributed by atoms with Gasteiger partial charge in [-0.05, 0) is 20.6 Å². The summed E-state index contributed by atoms with van der Waals surface area (Å²) in [6.45, 7) is 6.18. The van der Waals surface area contributed by atoms with Crippen molar-refractivity contribution >= 4 is 18.3 Å². The van der Waals surface area contributed by atoms with Crippen LogP contribution in [0.25, 0.3) is 0 Å². The standard InChI is InChI=1S/C8H9N3O/c1-6(7(2)12)5-11-8(4-9)10-3/h5H,3H2,1-2H3/b6-5+,11-8?. The van der Waals surface area contributed by atoms with Gasteiger partial charge in [0, 0.05) is 11.8 Å². The fourth-order valence-corrected chi connectivity index (χ4v) is 0.354. The summed E-state index contributed by atoms with van der Waals surface area (Å²) < 4.78 is 0. The quantitative estimate of drug-likeness (QED) is 0.347. The molecule has 12 heavy (non-hydrogen) atoms. The van der Waals surface area contributed by atoms with Gasteiger partial charge in [-0.1, -0.05) is 0 Å². The minimum absolute atomic E-state index is 0.0457. The van der Waals surface area contributed by atoms with E-state index in [0.717, 1.165) is 0 Å². The number of carbonyl (C=O) groups is 1. The molecule has 0 amide bonds. The number of Topliss-reactive ketones (excluding diaryl/α,β-unsaturated/α-hetero) is 1. The zero-order chi connectivity index (χ0) is 9.56. The molecule has 0 saturated carbocycles. The lowest BCUT2D eigenvalue weighted by molar-refractivity contribution is -0.113. The molecule has 0 atom stereocenters. The second-order valence-corrected chi connectivity index (χ2v) is 2.09. The molecule has 0 aromatic carbocycles. The Kier molecular flexibility index (Phi) is 4.24. The smallest absolute Gasteiger partial charge is 0.231 e. The maximum absolute atomic E-state index is 10.7. The second kappa shape index (κ2) is 4.97. The van der Waals surface area contributed by atoms with Crippen molar-refractivity contribution in [1.82, 2.24) is 0 Å². The molecule has 0 unspecified atom stereocenters. The topological polar surface area (TPSA) is 65.6 Å². The van der Waals surface area contributed by atoms with E-state index < -0.39 is 0 Å². The van der Waals surface area contributed by atoms with Gasteiger partial charge in [-0.15, -0.1) is 0 Å². The number of hydrogen-bond donors (Lipinski definition) is 0. The normalized spacial score (nSPS) is 12.1. The van der Waals surface area contributed by atoms with Crippen LogP contribution in [0.3, 0.4) is 0 Å². The molecular weight excluding hydrogens is 154 g/mol. The number of hydrogen-bond acceptors (Lipinski definition) is 3. The lowest BCUT2D eigenvalue weighted by atomic mass is 10.2. The summed E-state index contributed by atoms with van der Waals surface area (Å²) in [6.07, 6.45) is 1.30. The fourth-order valence-electron chi connectivity index (χ4n) is 0.354. The summed E-state index contributed by atoms with van der Waals surface area (Å²) >= 11 is 0. The van der Waals surface area contributed by atoms with E-state index in [2.05, 4.69) is 16.7 Å². The molecule has 4 nitrogen and oxygen atoms in total. The predicted molar refractivity (Wildman–Crippen MR) is 47.0 cm³/mol. The number of amidine groups is 1. The van der Waals surface area contributed by atoms with Crippen molar-refractivity contribution in [2.75, 3.05) is 0 Å². The third kappa shape index (κ3) is 3.42. The molecule has 4 heteroatoms. The van der Waals surface area contributed by atoms with Crippen LogP contribution in [0.4, 0.5) is 0 Å². The minimum atomic E-state index is -0.0832. The molecule has 0 aromatic heterocycles. The molecule has 0 fully saturated rings. The van der Waals surface area contributed by atoms with Gasteiger partial charge in [0.15, 0.2) is 5.78 Å². The van der Waals surface area contributed by atoms with Gasteiger partial charge in [0.1, 0.15) is 6.07 Å². The molecule has 0 aliphatic carbocycles. The Labute approximate surface area is 70.9 Å². The molecule has 0 spiro atoms. The van der Waals surface area contributed by atoms with Gasteiger partial charge in [0.25, 0.3) is 0 Å². The number of ketones is 1. The summed E-state index contributed by atoms with van der Waals surface area (Å²) in [6, 6.07) is 1.71.